The number of rotatable bonds is 3. The predicted molar refractivity (Wildman–Crippen MR) is 78.5 cm³/mol. The van der Waals surface area contributed by atoms with Crippen molar-refractivity contribution in [3.8, 4) is 5.75 Å². The van der Waals surface area contributed by atoms with Crippen LogP contribution in [-0.4, -0.2) is 4.98 Å². The Morgan fingerprint density at radius 2 is 1.89 bits per heavy atom. The van der Waals surface area contributed by atoms with E-state index in [1.807, 2.05) is 24.4 Å². The summed E-state index contributed by atoms with van der Waals surface area (Å²) in [6.07, 6.45) is 2.03. The van der Waals surface area contributed by atoms with Gasteiger partial charge in [0.1, 0.15) is 12.4 Å². The van der Waals surface area contributed by atoms with Crippen molar-refractivity contribution in [2.75, 3.05) is 0 Å². The van der Waals surface area contributed by atoms with Crippen LogP contribution in [0.3, 0.4) is 0 Å². The molecule has 0 unspecified atom stereocenters. The minimum absolute atomic E-state index is 0.592. The van der Waals surface area contributed by atoms with Crippen molar-refractivity contribution in [3.63, 3.8) is 0 Å². The predicted octanol–water partition coefficient (Wildman–Crippen LogP) is 4.36. The number of fused-ring (bicyclic) bond motifs is 1. The van der Waals surface area contributed by atoms with Crippen molar-refractivity contribution >= 4 is 10.9 Å². The zero-order valence-corrected chi connectivity index (χ0v) is 11.2. The molecule has 3 rings (SSSR count). The molecule has 0 spiro atoms. The second-order valence-electron chi connectivity index (χ2n) is 4.92. The van der Waals surface area contributed by atoms with Gasteiger partial charge in [-0.3, -0.25) is 0 Å². The number of hydrogen-bond acceptors (Lipinski definition) is 1. The average Bonchev–Trinajstić information content (AvgIpc) is 2.80. The highest BCUT2D eigenvalue weighted by atomic mass is 16.5. The molecule has 0 aliphatic heterocycles. The number of hydrogen-bond donors (Lipinski definition) is 1. The van der Waals surface area contributed by atoms with E-state index in [4.69, 9.17) is 4.74 Å². The summed E-state index contributed by atoms with van der Waals surface area (Å²) in [6, 6.07) is 14.5. The third kappa shape index (κ3) is 2.34. The van der Waals surface area contributed by atoms with E-state index >= 15 is 0 Å². The summed E-state index contributed by atoms with van der Waals surface area (Å²) >= 11 is 0. The highest BCUT2D eigenvalue weighted by Crippen LogP contribution is 2.23. The van der Waals surface area contributed by atoms with Crippen LogP contribution in [0.25, 0.3) is 10.9 Å². The maximum Gasteiger partial charge on any atom is 0.122 e. The van der Waals surface area contributed by atoms with Gasteiger partial charge in [0, 0.05) is 22.7 Å². The lowest BCUT2D eigenvalue weighted by atomic mass is 10.1. The van der Waals surface area contributed by atoms with Crippen molar-refractivity contribution < 1.29 is 4.74 Å². The van der Waals surface area contributed by atoms with Crippen LogP contribution in [0.1, 0.15) is 16.7 Å². The highest BCUT2D eigenvalue weighted by Gasteiger charge is 2.05. The lowest BCUT2D eigenvalue weighted by Crippen LogP contribution is -1.96. The molecule has 1 aromatic heterocycles. The highest BCUT2D eigenvalue weighted by molar-refractivity contribution is 5.83. The summed E-state index contributed by atoms with van der Waals surface area (Å²) in [5, 5.41) is 1.24. The SMILES string of the molecule is Cc1ccc2[nH]cc(COc3ccccc3C)c2c1. The molecule has 0 atom stereocenters. The molecule has 0 aliphatic carbocycles. The molecule has 0 bridgehead atoms. The second kappa shape index (κ2) is 4.81. The number of H-pyrrole nitrogens is 1. The number of para-hydroxylation sites is 1. The van der Waals surface area contributed by atoms with Crippen molar-refractivity contribution in [2.45, 2.75) is 20.5 Å². The van der Waals surface area contributed by atoms with Gasteiger partial charge in [0.25, 0.3) is 0 Å². The van der Waals surface area contributed by atoms with Gasteiger partial charge in [-0.25, -0.2) is 0 Å². The Morgan fingerprint density at radius 1 is 1.05 bits per heavy atom. The lowest BCUT2D eigenvalue weighted by Gasteiger charge is -2.08. The van der Waals surface area contributed by atoms with Gasteiger partial charge in [0.2, 0.25) is 0 Å². The van der Waals surface area contributed by atoms with E-state index in [9.17, 15) is 0 Å². The van der Waals surface area contributed by atoms with Crippen LogP contribution >= 0.6 is 0 Å². The van der Waals surface area contributed by atoms with Gasteiger partial charge in [-0.15, -0.1) is 0 Å². The van der Waals surface area contributed by atoms with Gasteiger partial charge in [-0.2, -0.15) is 0 Å². The first-order valence-electron chi connectivity index (χ1n) is 6.49. The maximum atomic E-state index is 5.91. The van der Waals surface area contributed by atoms with Crippen LogP contribution in [-0.2, 0) is 6.61 Å². The largest absolute Gasteiger partial charge is 0.489 e. The summed E-state index contributed by atoms with van der Waals surface area (Å²) in [5.74, 6) is 0.949. The molecule has 2 nitrogen and oxygen atoms in total. The number of benzene rings is 2. The quantitative estimate of drug-likeness (QED) is 0.735. The van der Waals surface area contributed by atoms with Crippen molar-refractivity contribution in [1.82, 2.24) is 4.98 Å². The van der Waals surface area contributed by atoms with Crippen LogP contribution in [0.15, 0.2) is 48.7 Å². The summed E-state index contributed by atoms with van der Waals surface area (Å²) in [5.41, 5.74) is 4.79. The summed E-state index contributed by atoms with van der Waals surface area (Å²) in [4.78, 5) is 3.29. The molecular formula is C17H17NO. The molecule has 1 heterocycles. The van der Waals surface area contributed by atoms with E-state index in [0.29, 0.717) is 6.61 Å². The third-order valence-corrected chi connectivity index (χ3v) is 3.40. The molecule has 3 aromatic rings. The van der Waals surface area contributed by atoms with Gasteiger partial charge in [0.05, 0.1) is 0 Å². The summed E-state index contributed by atoms with van der Waals surface area (Å²) in [6.45, 7) is 4.77. The van der Waals surface area contributed by atoms with Gasteiger partial charge >= 0.3 is 0 Å². The molecule has 19 heavy (non-hydrogen) atoms. The van der Waals surface area contributed by atoms with Crippen molar-refractivity contribution in [3.05, 3.63) is 65.4 Å². The molecule has 1 N–H and O–H groups in total. The van der Waals surface area contributed by atoms with E-state index in [0.717, 1.165) is 11.3 Å². The number of aromatic nitrogens is 1. The fourth-order valence-electron chi connectivity index (χ4n) is 2.29. The Morgan fingerprint density at radius 3 is 2.74 bits per heavy atom. The summed E-state index contributed by atoms with van der Waals surface area (Å²) in [7, 11) is 0. The second-order valence-corrected chi connectivity index (χ2v) is 4.92. The lowest BCUT2D eigenvalue weighted by molar-refractivity contribution is 0.305. The molecule has 0 fully saturated rings. The molecule has 0 aliphatic rings. The molecule has 2 aromatic carbocycles. The van der Waals surface area contributed by atoms with E-state index < -0.39 is 0 Å². The van der Waals surface area contributed by atoms with Crippen LogP contribution in [0.4, 0.5) is 0 Å². The monoisotopic (exact) mass is 251 g/mol. The zero-order valence-electron chi connectivity index (χ0n) is 11.2. The smallest absolute Gasteiger partial charge is 0.122 e. The Labute approximate surface area is 113 Å². The van der Waals surface area contributed by atoms with E-state index in [2.05, 4.69) is 43.1 Å². The fourth-order valence-corrected chi connectivity index (χ4v) is 2.29. The molecular weight excluding hydrogens is 234 g/mol. The normalized spacial score (nSPS) is 10.8. The van der Waals surface area contributed by atoms with E-state index in [1.54, 1.807) is 0 Å². The van der Waals surface area contributed by atoms with Gasteiger partial charge in [-0.1, -0.05) is 29.8 Å². The fraction of sp³-hybridized carbons (Fsp3) is 0.176. The van der Waals surface area contributed by atoms with Crippen LogP contribution < -0.4 is 4.74 Å². The minimum Gasteiger partial charge on any atom is -0.489 e. The molecule has 0 radical (unpaired) electrons. The van der Waals surface area contributed by atoms with E-state index in [-0.39, 0.29) is 0 Å². The van der Waals surface area contributed by atoms with Gasteiger partial charge in [0.15, 0.2) is 0 Å². The Bertz CT molecular complexity index is 712. The number of ether oxygens (including phenoxy) is 1. The summed E-state index contributed by atoms with van der Waals surface area (Å²) < 4.78 is 5.91. The molecule has 0 saturated carbocycles. The van der Waals surface area contributed by atoms with Crippen molar-refractivity contribution in [1.29, 1.82) is 0 Å². The first-order chi connectivity index (χ1) is 9.24. The van der Waals surface area contributed by atoms with E-state index in [1.165, 1.54) is 22.1 Å². The average molecular weight is 251 g/mol. The first-order valence-corrected chi connectivity index (χ1v) is 6.49. The Kier molecular flexibility index (Phi) is 3.00. The van der Waals surface area contributed by atoms with Crippen LogP contribution in [0, 0.1) is 13.8 Å². The number of nitrogens with one attached hydrogen (secondary N) is 1. The third-order valence-electron chi connectivity index (χ3n) is 3.40. The van der Waals surface area contributed by atoms with Gasteiger partial charge < -0.3 is 9.72 Å². The number of aromatic amines is 1. The zero-order chi connectivity index (χ0) is 13.2. The van der Waals surface area contributed by atoms with Crippen molar-refractivity contribution in [2.24, 2.45) is 0 Å². The molecule has 2 heteroatoms. The maximum absolute atomic E-state index is 5.91. The first kappa shape index (κ1) is 11.8. The number of aryl methyl sites for hydroxylation is 2. The van der Waals surface area contributed by atoms with Gasteiger partial charge in [-0.05, 0) is 37.6 Å². The standard InChI is InChI=1S/C17H17NO/c1-12-7-8-16-15(9-12)14(10-18-16)11-19-17-6-4-3-5-13(17)2/h3-10,18H,11H2,1-2H3. The Hall–Kier alpha value is -2.22. The molecule has 0 saturated heterocycles. The van der Waals surface area contributed by atoms with Crippen LogP contribution in [0.2, 0.25) is 0 Å². The molecule has 0 amide bonds. The Balaban J connectivity index is 1.86. The van der Waals surface area contributed by atoms with Crippen LogP contribution in [0.5, 0.6) is 5.75 Å². The topological polar surface area (TPSA) is 25.0 Å². The minimum atomic E-state index is 0.592. The molecule has 96 valence electrons.